The fraction of sp³-hybridized carbons (Fsp3) is 0.412. The molecule has 1 heterocycles. The van der Waals surface area contributed by atoms with Crippen LogP contribution in [0.2, 0.25) is 0 Å². The van der Waals surface area contributed by atoms with Crippen LogP contribution in [-0.2, 0) is 13.1 Å². The summed E-state index contributed by atoms with van der Waals surface area (Å²) < 4.78 is 41.5. The van der Waals surface area contributed by atoms with Crippen LogP contribution >= 0.6 is 35.3 Å². The van der Waals surface area contributed by atoms with E-state index in [1.165, 1.54) is 6.07 Å². The number of ether oxygens (including phenoxy) is 1. The summed E-state index contributed by atoms with van der Waals surface area (Å²) in [5.74, 6) is 0.775. The molecule has 0 radical (unpaired) electrons. The van der Waals surface area contributed by atoms with Crippen LogP contribution in [0.4, 0.5) is 13.2 Å². The summed E-state index contributed by atoms with van der Waals surface area (Å²) in [6.07, 6.45) is -4.35. The Kier molecular flexibility index (Phi) is 9.30. The molecule has 5 nitrogen and oxygen atoms in total. The van der Waals surface area contributed by atoms with Crippen molar-refractivity contribution in [1.82, 2.24) is 15.6 Å². The summed E-state index contributed by atoms with van der Waals surface area (Å²) in [6, 6.07) is 6.53. The normalized spacial score (nSPS) is 11.7. The minimum atomic E-state index is -4.35. The molecule has 0 unspecified atom stereocenters. The summed E-state index contributed by atoms with van der Waals surface area (Å²) >= 11 is 1.63. The summed E-state index contributed by atoms with van der Waals surface area (Å²) in [4.78, 5) is 9.65. The molecule has 0 fully saturated rings. The Labute approximate surface area is 177 Å². The lowest BCUT2D eigenvalue weighted by Crippen LogP contribution is -2.36. The van der Waals surface area contributed by atoms with E-state index in [4.69, 9.17) is 4.74 Å². The predicted molar refractivity (Wildman–Crippen MR) is 112 cm³/mol. The number of benzene rings is 1. The molecule has 0 aliphatic heterocycles. The molecular weight excluding hydrogens is 492 g/mol. The molecule has 10 heteroatoms. The summed E-state index contributed by atoms with van der Waals surface area (Å²) in [6.45, 7) is 3.63. The number of nitrogens with one attached hydrogen (secondary N) is 2. The van der Waals surface area contributed by atoms with E-state index in [-0.39, 0.29) is 29.7 Å². The molecule has 27 heavy (non-hydrogen) atoms. The minimum absolute atomic E-state index is 0. The number of thiazole rings is 1. The zero-order valence-electron chi connectivity index (χ0n) is 15.2. The first kappa shape index (κ1) is 23.5. The van der Waals surface area contributed by atoms with Crippen LogP contribution in [-0.4, -0.2) is 30.8 Å². The molecule has 0 atom stereocenters. The van der Waals surface area contributed by atoms with E-state index in [0.717, 1.165) is 21.1 Å². The minimum Gasteiger partial charge on any atom is -0.484 e. The molecule has 1 aromatic heterocycles. The second kappa shape index (κ2) is 10.7. The van der Waals surface area contributed by atoms with E-state index in [2.05, 4.69) is 20.6 Å². The maximum Gasteiger partial charge on any atom is 0.422 e. The Hall–Kier alpha value is -1.56. The summed E-state index contributed by atoms with van der Waals surface area (Å²) in [5.41, 5.74) is 1.78. The third kappa shape index (κ3) is 8.33. The number of alkyl halides is 3. The zero-order chi connectivity index (χ0) is 19.2. The van der Waals surface area contributed by atoms with E-state index >= 15 is 0 Å². The van der Waals surface area contributed by atoms with Crippen LogP contribution in [0, 0.1) is 13.8 Å². The number of guanidine groups is 1. The molecule has 150 valence electrons. The first-order valence-electron chi connectivity index (χ1n) is 7.93. The van der Waals surface area contributed by atoms with Gasteiger partial charge in [-0.1, -0.05) is 12.1 Å². The highest BCUT2D eigenvalue weighted by Gasteiger charge is 2.28. The second-order valence-electron chi connectivity index (χ2n) is 5.57. The first-order valence-corrected chi connectivity index (χ1v) is 8.74. The van der Waals surface area contributed by atoms with Gasteiger partial charge in [-0.2, -0.15) is 13.2 Å². The van der Waals surface area contributed by atoms with Crippen molar-refractivity contribution in [2.45, 2.75) is 33.1 Å². The molecule has 0 aliphatic carbocycles. The van der Waals surface area contributed by atoms with Gasteiger partial charge in [0.15, 0.2) is 12.6 Å². The number of nitrogens with zero attached hydrogens (tertiary/aromatic N) is 2. The maximum atomic E-state index is 12.2. The van der Waals surface area contributed by atoms with E-state index in [9.17, 15) is 13.2 Å². The highest BCUT2D eigenvalue weighted by molar-refractivity contribution is 14.0. The Morgan fingerprint density at radius 1 is 1.22 bits per heavy atom. The van der Waals surface area contributed by atoms with Crippen molar-refractivity contribution >= 4 is 41.3 Å². The van der Waals surface area contributed by atoms with Crippen molar-refractivity contribution in [1.29, 1.82) is 0 Å². The zero-order valence-corrected chi connectivity index (χ0v) is 18.3. The van der Waals surface area contributed by atoms with E-state index in [1.54, 1.807) is 36.6 Å². The van der Waals surface area contributed by atoms with Gasteiger partial charge in [0.05, 0.1) is 17.2 Å². The standard InChI is InChI=1S/C17H21F3N4OS.HI/c1-11-15(26-12(2)24-11)9-23-16(21-3)22-8-13-5-4-6-14(7-13)25-10-17(18,19)20;/h4-7H,8-10H2,1-3H3,(H2,21,22,23);1H. The molecule has 0 saturated heterocycles. The number of halogens is 4. The molecule has 0 saturated carbocycles. The van der Waals surface area contributed by atoms with Gasteiger partial charge in [0.1, 0.15) is 5.75 Å². The van der Waals surface area contributed by atoms with Crippen molar-refractivity contribution in [2.24, 2.45) is 4.99 Å². The van der Waals surface area contributed by atoms with Crippen LogP contribution in [0.15, 0.2) is 29.3 Å². The van der Waals surface area contributed by atoms with Gasteiger partial charge in [-0.05, 0) is 31.5 Å². The Bertz CT molecular complexity index is 765. The Morgan fingerprint density at radius 3 is 2.52 bits per heavy atom. The second-order valence-corrected chi connectivity index (χ2v) is 6.86. The lowest BCUT2D eigenvalue weighted by atomic mass is 10.2. The van der Waals surface area contributed by atoms with Gasteiger partial charge in [-0.15, -0.1) is 35.3 Å². The SMILES string of the molecule is CN=C(NCc1cccc(OCC(F)(F)F)c1)NCc1sc(C)nc1C.I. The van der Waals surface area contributed by atoms with Crippen LogP contribution in [0.25, 0.3) is 0 Å². The van der Waals surface area contributed by atoms with Gasteiger partial charge in [0.2, 0.25) is 0 Å². The number of aryl methyl sites for hydroxylation is 2. The van der Waals surface area contributed by atoms with Crippen molar-refractivity contribution in [3.63, 3.8) is 0 Å². The average molecular weight is 514 g/mol. The summed E-state index contributed by atoms with van der Waals surface area (Å²) in [7, 11) is 1.66. The van der Waals surface area contributed by atoms with Crippen LogP contribution < -0.4 is 15.4 Å². The topological polar surface area (TPSA) is 58.5 Å². The average Bonchev–Trinajstić information content (AvgIpc) is 2.90. The maximum absolute atomic E-state index is 12.2. The molecule has 0 spiro atoms. The molecule has 0 bridgehead atoms. The predicted octanol–water partition coefficient (Wildman–Crippen LogP) is 4.18. The molecule has 0 aliphatic rings. The van der Waals surface area contributed by atoms with Gasteiger partial charge >= 0.3 is 6.18 Å². The molecule has 2 N–H and O–H groups in total. The van der Waals surface area contributed by atoms with Crippen molar-refractivity contribution in [3.05, 3.63) is 45.4 Å². The molecule has 0 amide bonds. The number of hydrogen-bond donors (Lipinski definition) is 2. The first-order chi connectivity index (χ1) is 12.3. The quantitative estimate of drug-likeness (QED) is 0.345. The molecule has 2 rings (SSSR count). The molecule has 1 aromatic carbocycles. The van der Waals surface area contributed by atoms with Crippen LogP contribution in [0.1, 0.15) is 21.1 Å². The van der Waals surface area contributed by atoms with Crippen LogP contribution in [0.5, 0.6) is 5.75 Å². The Balaban J connectivity index is 0.00000364. The lowest BCUT2D eigenvalue weighted by molar-refractivity contribution is -0.153. The number of hydrogen-bond acceptors (Lipinski definition) is 4. The van der Waals surface area contributed by atoms with Crippen molar-refractivity contribution in [3.8, 4) is 5.75 Å². The van der Waals surface area contributed by atoms with E-state index in [0.29, 0.717) is 19.0 Å². The highest BCUT2D eigenvalue weighted by Crippen LogP contribution is 2.19. The third-order valence-electron chi connectivity index (χ3n) is 3.40. The monoisotopic (exact) mass is 514 g/mol. The van der Waals surface area contributed by atoms with E-state index in [1.807, 2.05) is 13.8 Å². The van der Waals surface area contributed by atoms with Crippen LogP contribution in [0.3, 0.4) is 0 Å². The number of aliphatic imine (C=N–C) groups is 1. The van der Waals surface area contributed by atoms with Crippen molar-refractivity contribution < 1.29 is 17.9 Å². The van der Waals surface area contributed by atoms with Gasteiger partial charge in [0, 0.05) is 18.5 Å². The Morgan fingerprint density at radius 2 is 1.93 bits per heavy atom. The number of rotatable bonds is 6. The molecule has 2 aromatic rings. The smallest absolute Gasteiger partial charge is 0.422 e. The lowest BCUT2D eigenvalue weighted by Gasteiger charge is -2.13. The van der Waals surface area contributed by atoms with Crippen molar-refractivity contribution in [2.75, 3.05) is 13.7 Å². The van der Waals surface area contributed by atoms with Gasteiger partial charge in [-0.25, -0.2) is 4.98 Å². The molecular formula is C17H22F3IN4OS. The fourth-order valence-corrected chi connectivity index (χ4v) is 3.10. The summed E-state index contributed by atoms with van der Waals surface area (Å²) in [5, 5.41) is 7.34. The van der Waals surface area contributed by atoms with Gasteiger partial charge in [-0.3, -0.25) is 4.99 Å². The number of aromatic nitrogens is 1. The highest BCUT2D eigenvalue weighted by atomic mass is 127. The van der Waals surface area contributed by atoms with E-state index < -0.39 is 12.8 Å². The fourth-order valence-electron chi connectivity index (χ4n) is 2.22. The third-order valence-corrected chi connectivity index (χ3v) is 4.47. The van der Waals surface area contributed by atoms with Gasteiger partial charge < -0.3 is 15.4 Å². The van der Waals surface area contributed by atoms with Gasteiger partial charge in [0.25, 0.3) is 0 Å². The largest absolute Gasteiger partial charge is 0.484 e.